The first kappa shape index (κ1) is 26.5. The Balaban J connectivity index is 1.34. The quantitative estimate of drug-likeness (QED) is 0.297. The van der Waals surface area contributed by atoms with E-state index in [2.05, 4.69) is 20.6 Å². The number of para-hydroxylation sites is 2. The summed E-state index contributed by atoms with van der Waals surface area (Å²) in [4.78, 5) is 15.5. The van der Waals surface area contributed by atoms with E-state index in [0.29, 0.717) is 23.8 Å². The van der Waals surface area contributed by atoms with Gasteiger partial charge < -0.3 is 19.9 Å². The Morgan fingerprint density at radius 2 is 1.72 bits per heavy atom. The molecule has 2 amide bonds. The number of hydrogen-bond acceptors (Lipinski definition) is 6. The monoisotopic (exact) mass is 529 g/mol. The van der Waals surface area contributed by atoms with E-state index < -0.39 is 6.03 Å². The highest BCUT2D eigenvalue weighted by Gasteiger charge is 2.23. The van der Waals surface area contributed by atoms with Crippen LogP contribution >= 0.6 is 0 Å². The van der Waals surface area contributed by atoms with Crippen LogP contribution < -0.4 is 15.4 Å². The Labute approximate surface area is 228 Å². The number of fused-ring (bicyclic) bond motifs is 1. The van der Waals surface area contributed by atoms with E-state index in [1.54, 1.807) is 22.9 Å². The van der Waals surface area contributed by atoms with Crippen LogP contribution in [0, 0.1) is 0 Å². The lowest BCUT2D eigenvalue weighted by Crippen LogP contribution is -2.38. The number of phenols is 1. The Morgan fingerprint density at radius 1 is 1.00 bits per heavy atom. The van der Waals surface area contributed by atoms with Crippen LogP contribution in [0.3, 0.4) is 0 Å². The van der Waals surface area contributed by atoms with Gasteiger partial charge in [-0.15, -0.1) is 0 Å². The molecule has 1 saturated heterocycles. The zero-order chi connectivity index (χ0) is 27.4. The Bertz CT molecular complexity index is 1450. The molecule has 9 nitrogen and oxygen atoms in total. The molecule has 39 heavy (non-hydrogen) atoms. The molecule has 3 aromatic carbocycles. The third kappa shape index (κ3) is 6.16. The van der Waals surface area contributed by atoms with Crippen molar-refractivity contribution in [1.82, 2.24) is 14.7 Å². The van der Waals surface area contributed by atoms with Crippen molar-refractivity contribution in [2.75, 3.05) is 50.1 Å². The number of rotatable bonds is 7. The fourth-order valence-electron chi connectivity index (χ4n) is 4.55. The minimum absolute atomic E-state index is 0.0692. The fourth-order valence-corrected chi connectivity index (χ4v) is 4.55. The highest BCUT2D eigenvalue weighted by Crippen LogP contribution is 2.33. The molecule has 1 aliphatic heterocycles. The van der Waals surface area contributed by atoms with Crippen molar-refractivity contribution in [3.8, 4) is 17.2 Å². The van der Waals surface area contributed by atoms with E-state index >= 15 is 0 Å². The molecular weight excluding hydrogens is 494 g/mol. The molecule has 3 N–H and O–H groups in total. The van der Waals surface area contributed by atoms with Gasteiger partial charge in [-0.05, 0) is 24.3 Å². The summed E-state index contributed by atoms with van der Waals surface area (Å²) < 4.78 is 13.1. The normalized spacial score (nSPS) is 14.3. The van der Waals surface area contributed by atoms with Gasteiger partial charge in [0.05, 0.1) is 24.6 Å². The molecule has 0 bridgehead atoms. The molecule has 0 radical (unpaired) electrons. The minimum Gasteiger partial charge on any atom is -0.506 e. The van der Waals surface area contributed by atoms with Crippen LogP contribution in [0.2, 0.25) is 0 Å². The van der Waals surface area contributed by atoms with Gasteiger partial charge in [0, 0.05) is 41.9 Å². The molecular formula is C30H35N5O4. The number of urea groups is 1. The third-order valence-electron chi connectivity index (χ3n) is 6.73. The number of aromatic hydroxyl groups is 1. The van der Waals surface area contributed by atoms with Crippen LogP contribution in [0.4, 0.5) is 16.3 Å². The molecule has 1 aromatic heterocycles. The van der Waals surface area contributed by atoms with Crippen LogP contribution in [-0.4, -0.2) is 65.3 Å². The summed E-state index contributed by atoms with van der Waals surface area (Å²) in [5, 5.41) is 22.8. The molecule has 2 heterocycles. The summed E-state index contributed by atoms with van der Waals surface area (Å²) in [7, 11) is 0. The van der Waals surface area contributed by atoms with E-state index in [4.69, 9.17) is 9.47 Å². The van der Waals surface area contributed by atoms with Crippen molar-refractivity contribution in [2.45, 2.75) is 26.2 Å². The van der Waals surface area contributed by atoms with Crippen LogP contribution in [0.1, 0.15) is 26.5 Å². The van der Waals surface area contributed by atoms with Crippen molar-refractivity contribution >= 4 is 28.3 Å². The van der Waals surface area contributed by atoms with Gasteiger partial charge >= 0.3 is 6.03 Å². The summed E-state index contributed by atoms with van der Waals surface area (Å²) in [5.74, 6) is 1.29. The highest BCUT2D eigenvalue weighted by molar-refractivity contribution is 6.07. The number of nitrogens with one attached hydrogen (secondary N) is 2. The highest BCUT2D eigenvalue weighted by atomic mass is 16.5. The third-order valence-corrected chi connectivity index (χ3v) is 6.73. The number of ether oxygens (including phenoxy) is 2. The molecule has 0 aliphatic carbocycles. The molecule has 5 rings (SSSR count). The number of hydrogen-bond donors (Lipinski definition) is 3. The lowest BCUT2D eigenvalue weighted by Gasteiger charge is -2.26. The number of benzene rings is 3. The number of anilines is 2. The number of aromatic nitrogens is 2. The van der Waals surface area contributed by atoms with Gasteiger partial charge in [0.25, 0.3) is 0 Å². The van der Waals surface area contributed by atoms with Crippen molar-refractivity contribution in [3.63, 3.8) is 0 Å². The first-order chi connectivity index (χ1) is 18.8. The number of carbonyl (C=O) groups is 1. The predicted molar refractivity (Wildman–Crippen MR) is 153 cm³/mol. The van der Waals surface area contributed by atoms with E-state index in [1.807, 2.05) is 69.3 Å². The van der Waals surface area contributed by atoms with Gasteiger partial charge in [0.15, 0.2) is 0 Å². The van der Waals surface area contributed by atoms with Crippen LogP contribution in [0.15, 0.2) is 66.7 Å². The Morgan fingerprint density at radius 3 is 2.46 bits per heavy atom. The van der Waals surface area contributed by atoms with E-state index in [9.17, 15) is 9.90 Å². The van der Waals surface area contributed by atoms with Crippen LogP contribution in [-0.2, 0) is 10.2 Å². The summed E-state index contributed by atoms with van der Waals surface area (Å²) >= 11 is 0. The summed E-state index contributed by atoms with van der Waals surface area (Å²) in [5.41, 5.74) is 1.67. The predicted octanol–water partition coefficient (Wildman–Crippen LogP) is 5.38. The number of phenolic OH excluding ortho intramolecular Hbond substituents is 1. The zero-order valence-electron chi connectivity index (χ0n) is 22.6. The first-order valence-corrected chi connectivity index (χ1v) is 13.2. The molecule has 0 atom stereocenters. The first-order valence-electron chi connectivity index (χ1n) is 13.2. The van der Waals surface area contributed by atoms with Gasteiger partial charge in [-0.2, -0.15) is 5.10 Å². The maximum absolute atomic E-state index is 13.2. The smallest absolute Gasteiger partial charge is 0.324 e. The van der Waals surface area contributed by atoms with Gasteiger partial charge in [-0.25, -0.2) is 9.48 Å². The van der Waals surface area contributed by atoms with Crippen molar-refractivity contribution in [3.05, 3.63) is 72.4 Å². The van der Waals surface area contributed by atoms with Crippen molar-refractivity contribution in [2.24, 2.45) is 0 Å². The Kier molecular flexibility index (Phi) is 7.72. The fraction of sp³-hybridized carbons (Fsp3) is 0.333. The number of amides is 2. The van der Waals surface area contributed by atoms with E-state index in [-0.39, 0.29) is 11.2 Å². The minimum atomic E-state index is -0.418. The molecule has 204 valence electrons. The number of nitrogens with zero attached hydrogens (tertiary/aromatic N) is 3. The van der Waals surface area contributed by atoms with Crippen LogP contribution in [0.25, 0.3) is 16.5 Å². The second-order valence-corrected chi connectivity index (χ2v) is 10.6. The van der Waals surface area contributed by atoms with Crippen molar-refractivity contribution < 1.29 is 19.4 Å². The van der Waals surface area contributed by atoms with Crippen molar-refractivity contribution in [1.29, 1.82) is 0 Å². The maximum Gasteiger partial charge on any atom is 0.324 e. The molecule has 1 aliphatic rings. The zero-order valence-corrected chi connectivity index (χ0v) is 22.6. The number of morpholine rings is 1. The van der Waals surface area contributed by atoms with Crippen LogP contribution in [0.5, 0.6) is 11.5 Å². The van der Waals surface area contributed by atoms with Gasteiger partial charge in [0.1, 0.15) is 29.6 Å². The molecule has 0 unspecified atom stereocenters. The topological polar surface area (TPSA) is 101 Å². The molecule has 0 spiro atoms. The lowest BCUT2D eigenvalue weighted by molar-refractivity contribution is 0.0323. The molecule has 4 aromatic rings. The standard InChI is InChI=1S/C30H35N5O4/c1-30(2,3)27-20-28(35(33-27)24-10-6-7-11-25(24)36)32-29(37)31-23-12-13-26(22-9-5-4-8-21(22)23)39-19-16-34-14-17-38-18-15-34/h4-13,20,36H,14-19H2,1-3H3,(H2,31,32,37). The second kappa shape index (κ2) is 11.3. The van der Waals surface area contributed by atoms with Gasteiger partial charge in [-0.1, -0.05) is 57.2 Å². The Hall–Kier alpha value is -4.08. The van der Waals surface area contributed by atoms with E-state index in [0.717, 1.165) is 55.1 Å². The summed E-state index contributed by atoms with van der Waals surface area (Å²) in [6.07, 6.45) is 0. The average Bonchev–Trinajstić information content (AvgIpc) is 3.35. The second-order valence-electron chi connectivity index (χ2n) is 10.6. The SMILES string of the molecule is CC(C)(C)c1cc(NC(=O)Nc2ccc(OCCN3CCOCC3)c3ccccc23)n(-c2ccccc2O)n1. The maximum atomic E-state index is 13.2. The summed E-state index contributed by atoms with van der Waals surface area (Å²) in [6.45, 7) is 10.9. The molecule has 1 fully saturated rings. The average molecular weight is 530 g/mol. The van der Waals surface area contributed by atoms with Gasteiger partial charge in [-0.3, -0.25) is 10.2 Å². The van der Waals surface area contributed by atoms with Gasteiger partial charge in [0.2, 0.25) is 0 Å². The molecule has 9 heteroatoms. The molecule has 0 saturated carbocycles. The lowest BCUT2D eigenvalue weighted by atomic mass is 9.92. The van der Waals surface area contributed by atoms with E-state index in [1.165, 1.54) is 0 Å². The largest absolute Gasteiger partial charge is 0.506 e. The summed E-state index contributed by atoms with van der Waals surface area (Å²) in [6, 6.07) is 19.9. The number of carbonyl (C=O) groups excluding carboxylic acids is 1.